The maximum atomic E-state index is 13.1. The van der Waals surface area contributed by atoms with Crippen LogP contribution in [-0.2, 0) is 4.79 Å². The van der Waals surface area contributed by atoms with Gasteiger partial charge in [0, 0.05) is 15.1 Å². The van der Waals surface area contributed by atoms with E-state index in [9.17, 15) is 4.79 Å². The highest BCUT2D eigenvalue weighted by molar-refractivity contribution is 9.10. The molecule has 3 aromatic carbocycles. The smallest absolute Gasteiger partial charge is 0.266 e. The first kappa shape index (κ1) is 17.7. The van der Waals surface area contributed by atoms with Gasteiger partial charge in [-0.2, -0.15) is 0 Å². The number of aliphatic imine (C=N–C) groups is 1. The first-order valence-corrected chi connectivity index (χ1v) is 9.50. The number of anilines is 1. The van der Waals surface area contributed by atoms with Gasteiger partial charge in [-0.25, -0.2) is 4.99 Å². The van der Waals surface area contributed by atoms with E-state index in [4.69, 9.17) is 11.6 Å². The minimum absolute atomic E-state index is 0.158. The van der Waals surface area contributed by atoms with E-state index in [-0.39, 0.29) is 5.91 Å². The van der Waals surface area contributed by atoms with Crippen molar-refractivity contribution in [3.63, 3.8) is 0 Å². The Hall–Kier alpha value is -2.69. The Morgan fingerprint density at radius 1 is 0.889 bits per heavy atom. The lowest BCUT2D eigenvalue weighted by Gasteiger charge is -2.18. The summed E-state index contributed by atoms with van der Waals surface area (Å²) in [5.74, 6) is 0.431. The van der Waals surface area contributed by atoms with Gasteiger partial charge in [-0.1, -0.05) is 57.9 Å². The maximum Gasteiger partial charge on any atom is 0.282 e. The Morgan fingerprint density at radius 2 is 1.56 bits per heavy atom. The van der Waals surface area contributed by atoms with Crippen molar-refractivity contribution in [3.05, 3.63) is 105 Å². The van der Waals surface area contributed by atoms with Crippen LogP contribution in [0.15, 0.2) is 94.0 Å². The molecule has 132 valence electrons. The number of para-hydroxylation sites is 1. The predicted molar refractivity (Wildman–Crippen MR) is 114 cm³/mol. The van der Waals surface area contributed by atoms with Gasteiger partial charge in [-0.05, 0) is 60.2 Å². The number of benzene rings is 3. The molecule has 1 aliphatic rings. The van der Waals surface area contributed by atoms with Crippen LogP contribution in [0.1, 0.15) is 11.1 Å². The monoisotopic (exact) mass is 436 g/mol. The second-order valence-electron chi connectivity index (χ2n) is 6.00. The van der Waals surface area contributed by atoms with Gasteiger partial charge in [0.05, 0.1) is 5.69 Å². The summed E-state index contributed by atoms with van der Waals surface area (Å²) in [6, 6.07) is 24.6. The summed E-state index contributed by atoms with van der Waals surface area (Å²) < 4.78 is 0.985. The third-order valence-electron chi connectivity index (χ3n) is 4.15. The summed E-state index contributed by atoms with van der Waals surface area (Å²) in [5, 5.41) is 0.639. The van der Waals surface area contributed by atoms with Gasteiger partial charge in [0.2, 0.25) is 0 Å². The molecule has 27 heavy (non-hydrogen) atoms. The van der Waals surface area contributed by atoms with Gasteiger partial charge in [0.15, 0.2) is 0 Å². The molecule has 0 saturated carbocycles. The molecule has 3 nitrogen and oxygen atoms in total. The van der Waals surface area contributed by atoms with Gasteiger partial charge in [0.25, 0.3) is 5.91 Å². The number of amides is 1. The summed E-state index contributed by atoms with van der Waals surface area (Å²) in [7, 11) is 0. The number of carbonyl (C=O) groups is 1. The van der Waals surface area contributed by atoms with Crippen LogP contribution in [0.2, 0.25) is 5.02 Å². The van der Waals surface area contributed by atoms with Crippen molar-refractivity contribution in [2.45, 2.75) is 0 Å². The second-order valence-corrected chi connectivity index (χ2v) is 7.35. The van der Waals surface area contributed by atoms with E-state index in [0.717, 1.165) is 21.3 Å². The van der Waals surface area contributed by atoms with Crippen LogP contribution in [-0.4, -0.2) is 11.7 Å². The third kappa shape index (κ3) is 3.72. The molecular weight excluding hydrogens is 424 g/mol. The van der Waals surface area contributed by atoms with Crippen LogP contribution in [0.3, 0.4) is 0 Å². The highest BCUT2D eigenvalue weighted by atomic mass is 79.9. The lowest BCUT2D eigenvalue weighted by molar-refractivity contribution is -0.113. The van der Waals surface area contributed by atoms with Crippen LogP contribution in [0.25, 0.3) is 6.08 Å². The molecule has 0 radical (unpaired) electrons. The van der Waals surface area contributed by atoms with Crippen molar-refractivity contribution in [1.82, 2.24) is 0 Å². The summed E-state index contributed by atoms with van der Waals surface area (Å²) in [6.07, 6.45) is 1.80. The lowest BCUT2D eigenvalue weighted by atomic mass is 10.1. The topological polar surface area (TPSA) is 32.7 Å². The summed E-state index contributed by atoms with van der Waals surface area (Å²) >= 11 is 9.44. The van der Waals surface area contributed by atoms with Crippen LogP contribution in [0.5, 0.6) is 0 Å². The number of nitrogens with zero attached hydrogens (tertiary/aromatic N) is 2. The van der Waals surface area contributed by atoms with E-state index in [0.29, 0.717) is 16.6 Å². The number of halogens is 2. The molecule has 0 N–H and O–H groups in total. The number of rotatable bonds is 3. The molecule has 0 bridgehead atoms. The summed E-state index contributed by atoms with van der Waals surface area (Å²) in [6.45, 7) is 0. The number of hydrogen-bond donors (Lipinski definition) is 0. The molecular formula is C22H14BrClN2O. The van der Waals surface area contributed by atoms with Crippen LogP contribution in [0.4, 0.5) is 5.69 Å². The average Bonchev–Trinajstić information content (AvgIpc) is 3.01. The van der Waals surface area contributed by atoms with Crippen molar-refractivity contribution < 1.29 is 4.79 Å². The second kappa shape index (κ2) is 7.51. The van der Waals surface area contributed by atoms with Crippen LogP contribution >= 0.6 is 27.5 Å². The average molecular weight is 438 g/mol. The zero-order valence-electron chi connectivity index (χ0n) is 14.1. The highest BCUT2D eigenvalue weighted by Gasteiger charge is 2.32. The van der Waals surface area contributed by atoms with E-state index in [1.54, 1.807) is 23.1 Å². The third-order valence-corrected chi connectivity index (χ3v) is 4.93. The van der Waals surface area contributed by atoms with E-state index in [2.05, 4.69) is 20.9 Å². The molecule has 0 fully saturated rings. The standard InChI is InChI=1S/C22H14BrClN2O/c23-17-10-6-15(7-11-17)14-20-22(27)26(19-4-2-1-3-5-19)21(25-20)16-8-12-18(24)13-9-16/h1-14H/b20-14+. The summed E-state index contributed by atoms with van der Waals surface area (Å²) in [4.78, 5) is 19.4. The number of carbonyl (C=O) groups excluding carboxylic acids is 1. The van der Waals surface area contributed by atoms with Crippen LogP contribution in [0, 0.1) is 0 Å². The zero-order valence-corrected chi connectivity index (χ0v) is 16.5. The molecule has 3 aromatic rings. The lowest BCUT2D eigenvalue weighted by Crippen LogP contribution is -2.32. The molecule has 0 aromatic heterocycles. The van der Waals surface area contributed by atoms with E-state index >= 15 is 0 Å². The fourth-order valence-corrected chi connectivity index (χ4v) is 3.23. The van der Waals surface area contributed by atoms with E-state index in [1.165, 1.54) is 0 Å². The van der Waals surface area contributed by atoms with Crippen molar-refractivity contribution in [3.8, 4) is 0 Å². The van der Waals surface area contributed by atoms with Crippen molar-refractivity contribution in [2.24, 2.45) is 4.99 Å². The Labute approximate surface area is 170 Å². The van der Waals surface area contributed by atoms with Crippen molar-refractivity contribution in [2.75, 3.05) is 4.90 Å². The molecule has 0 saturated heterocycles. The van der Waals surface area contributed by atoms with E-state index in [1.807, 2.05) is 66.7 Å². The van der Waals surface area contributed by atoms with Crippen LogP contribution < -0.4 is 4.90 Å². The minimum Gasteiger partial charge on any atom is -0.266 e. The molecule has 1 heterocycles. The first-order valence-electron chi connectivity index (χ1n) is 8.33. The Balaban J connectivity index is 1.81. The fraction of sp³-hybridized carbons (Fsp3) is 0. The minimum atomic E-state index is -0.158. The SMILES string of the molecule is O=C1/C(=C\c2ccc(Br)cc2)N=C(c2ccc(Cl)cc2)N1c1ccccc1. The molecule has 0 unspecified atom stereocenters. The van der Waals surface area contributed by atoms with Gasteiger partial charge >= 0.3 is 0 Å². The largest absolute Gasteiger partial charge is 0.282 e. The number of hydrogen-bond acceptors (Lipinski definition) is 2. The van der Waals surface area contributed by atoms with Gasteiger partial charge < -0.3 is 0 Å². The Bertz CT molecular complexity index is 1040. The van der Waals surface area contributed by atoms with E-state index < -0.39 is 0 Å². The highest BCUT2D eigenvalue weighted by Crippen LogP contribution is 2.28. The zero-order chi connectivity index (χ0) is 18.8. The summed E-state index contributed by atoms with van der Waals surface area (Å²) in [5.41, 5.74) is 2.91. The van der Waals surface area contributed by atoms with Crippen molar-refractivity contribution in [1.29, 1.82) is 0 Å². The normalized spacial score (nSPS) is 15.3. The molecule has 5 heteroatoms. The molecule has 0 atom stereocenters. The fourth-order valence-electron chi connectivity index (χ4n) is 2.84. The number of amidine groups is 1. The first-order chi connectivity index (χ1) is 13.1. The molecule has 4 rings (SSSR count). The Kier molecular flexibility index (Phi) is 4.92. The molecule has 0 spiro atoms. The van der Waals surface area contributed by atoms with Gasteiger partial charge in [-0.3, -0.25) is 9.69 Å². The maximum absolute atomic E-state index is 13.1. The van der Waals surface area contributed by atoms with Gasteiger partial charge in [-0.15, -0.1) is 0 Å². The predicted octanol–water partition coefficient (Wildman–Crippen LogP) is 5.94. The van der Waals surface area contributed by atoms with Gasteiger partial charge in [0.1, 0.15) is 11.5 Å². The quantitative estimate of drug-likeness (QED) is 0.467. The molecule has 0 aliphatic carbocycles. The Morgan fingerprint density at radius 3 is 2.22 bits per heavy atom. The van der Waals surface area contributed by atoms with Crippen molar-refractivity contribution >= 4 is 51.0 Å². The molecule has 1 amide bonds. The molecule has 1 aliphatic heterocycles.